The molecule has 1 aromatic carbocycles. The summed E-state index contributed by atoms with van der Waals surface area (Å²) < 4.78 is 24.6. The Bertz CT molecular complexity index is 1380. The zero-order valence-corrected chi connectivity index (χ0v) is 20.3. The van der Waals surface area contributed by atoms with E-state index in [0.29, 0.717) is 22.9 Å². The van der Waals surface area contributed by atoms with Gasteiger partial charge in [-0.25, -0.2) is 23.8 Å². The lowest BCUT2D eigenvalue weighted by atomic mass is 9.85. The monoisotopic (exact) mass is 512 g/mol. The number of aromatic nitrogens is 1. The Morgan fingerprint density at radius 1 is 1.35 bits per heavy atom. The van der Waals surface area contributed by atoms with Crippen LogP contribution in [0.25, 0.3) is 17.0 Å². The van der Waals surface area contributed by atoms with Crippen molar-refractivity contribution in [2.75, 3.05) is 11.9 Å². The van der Waals surface area contributed by atoms with E-state index in [2.05, 4.69) is 16.9 Å². The van der Waals surface area contributed by atoms with Gasteiger partial charge in [-0.2, -0.15) is 0 Å². The molecule has 0 radical (unpaired) electrons. The van der Waals surface area contributed by atoms with E-state index in [1.165, 1.54) is 25.1 Å². The first-order chi connectivity index (χ1) is 17.4. The quantitative estimate of drug-likeness (QED) is 0.274. The summed E-state index contributed by atoms with van der Waals surface area (Å²) in [5.74, 6) is -3.00. The van der Waals surface area contributed by atoms with Gasteiger partial charge in [0.25, 0.3) is 0 Å². The van der Waals surface area contributed by atoms with Crippen LogP contribution in [-0.2, 0) is 23.9 Å². The average molecular weight is 512 g/mol. The lowest BCUT2D eigenvalue weighted by Crippen LogP contribution is -2.45. The number of hydrogen-bond donors (Lipinski definition) is 3. The van der Waals surface area contributed by atoms with Gasteiger partial charge >= 0.3 is 18.0 Å². The van der Waals surface area contributed by atoms with Gasteiger partial charge in [-0.1, -0.05) is 19.6 Å². The molecule has 1 unspecified atom stereocenters. The molecule has 0 saturated heterocycles. The number of ether oxygens (including phenoxy) is 2. The van der Waals surface area contributed by atoms with Gasteiger partial charge in [-0.05, 0) is 44.0 Å². The lowest BCUT2D eigenvalue weighted by molar-refractivity contribution is -0.162. The van der Waals surface area contributed by atoms with E-state index in [9.17, 15) is 28.7 Å². The minimum atomic E-state index is -1.98. The molecule has 1 amide bonds. The van der Waals surface area contributed by atoms with Crippen LogP contribution in [0.1, 0.15) is 31.5 Å². The number of fused-ring (bicyclic) bond motifs is 1. The first kappa shape index (κ1) is 27.2. The molecular formula is C26H25FN2O8. The van der Waals surface area contributed by atoms with E-state index in [1.807, 2.05) is 0 Å². The number of cyclic esters (lactones) is 1. The maximum Gasteiger partial charge on any atom is 0.412 e. The smallest absolute Gasteiger partial charge is 0.412 e. The number of aryl methyl sites for hydroxylation is 1. The highest BCUT2D eigenvalue weighted by atomic mass is 19.1. The molecule has 37 heavy (non-hydrogen) atoms. The summed E-state index contributed by atoms with van der Waals surface area (Å²) in [5.41, 5.74) is -1.03. The van der Waals surface area contributed by atoms with Crippen LogP contribution < -0.4 is 5.32 Å². The van der Waals surface area contributed by atoms with Gasteiger partial charge in [0.05, 0.1) is 22.5 Å². The van der Waals surface area contributed by atoms with E-state index in [4.69, 9.17) is 14.6 Å². The number of carboxylic acid groups (broad SMARTS) is 1. The molecule has 10 nitrogen and oxygen atoms in total. The fraction of sp³-hybridized carbons (Fsp3) is 0.269. The largest absolute Gasteiger partial charge is 0.478 e. The van der Waals surface area contributed by atoms with Crippen LogP contribution in [0.15, 0.2) is 47.6 Å². The maximum absolute atomic E-state index is 14.7. The Morgan fingerprint density at radius 3 is 2.68 bits per heavy atom. The molecule has 1 aromatic heterocycles. The third-order valence-corrected chi connectivity index (χ3v) is 5.97. The van der Waals surface area contributed by atoms with Crippen LogP contribution in [0.2, 0.25) is 0 Å². The molecule has 0 saturated carbocycles. The van der Waals surface area contributed by atoms with Crippen molar-refractivity contribution in [2.24, 2.45) is 0 Å². The van der Waals surface area contributed by atoms with E-state index >= 15 is 0 Å². The van der Waals surface area contributed by atoms with Crippen LogP contribution in [0, 0.1) is 12.7 Å². The average Bonchev–Trinajstić information content (AvgIpc) is 2.85. The molecule has 1 aliphatic rings. The maximum atomic E-state index is 14.7. The lowest BCUT2D eigenvalue weighted by Gasteiger charge is -2.31. The highest BCUT2D eigenvalue weighted by molar-refractivity contribution is 5.93. The van der Waals surface area contributed by atoms with Gasteiger partial charge in [0.2, 0.25) is 0 Å². The molecule has 0 aliphatic carbocycles. The van der Waals surface area contributed by atoms with Gasteiger partial charge in [-0.15, -0.1) is 0 Å². The van der Waals surface area contributed by atoms with E-state index < -0.39 is 35.6 Å². The number of nitrogens with one attached hydrogen (secondary N) is 1. The number of benzene rings is 1. The standard InChI is InChI=1S/C26H25FN2O8/c1-5-26(35)18(17(11-30)12-36-24(26)33)6-7-20-13(2)8-16-9-22(19(27)10-21(16)28-20)29-25(34)37-15(4)14(3)23(31)32/h6-11,15,35H,3,5,12H2,1-2,4H3,(H,29,34)(H,31,32)/t15?,26-/m0/s1. The zero-order chi connectivity index (χ0) is 27.5. The Kier molecular flexibility index (Phi) is 7.87. The number of aliphatic carboxylic acids is 1. The van der Waals surface area contributed by atoms with E-state index in [-0.39, 0.29) is 41.0 Å². The molecule has 194 valence electrons. The number of aliphatic hydroxyl groups is 1. The number of hydrogen-bond acceptors (Lipinski definition) is 8. The second-order valence-electron chi connectivity index (χ2n) is 8.40. The summed E-state index contributed by atoms with van der Waals surface area (Å²) in [6.07, 6.45) is 1.23. The number of esters is 1. The fourth-order valence-corrected chi connectivity index (χ4v) is 3.68. The van der Waals surface area contributed by atoms with Gasteiger partial charge in [0, 0.05) is 22.6 Å². The van der Waals surface area contributed by atoms with Crippen molar-refractivity contribution >= 4 is 47.0 Å². The van der Waals surface area contributed by atoms with Gasteiger partial charge in [0.1, 0.15) is 24.8 Å². The minimum Gasteiger partial charge on any atom is -0.478 e. The summed E-state index contributed by atoms with van der Waals surface area (Å²) in [6, 6.07) is 4.12. The molecule has 0 fully saturated rings. The number of halogens is 1. The highest BCUT2D eigenvalue weighted by Gasteiger charge is 2.43. The number of aldehydes is 1. The Hall–Kier alpha value is -4.38. The number of nitrogens with zero attached hydrogens (tertiary/aromatic N) is 1. The first-order valence-electron chi connectivity index (χ1n) is 11.2. The van der Waals surface area contributed by atoms with Gasteiger partial charge in [-0.3, -0.25) is 10.1 Å². The number of carbonyl (C=O) groups excluding carboxylic acids is 3. The van der Waals surface area contributed by atoms with Crippen molar-refractivity contribution in [3.8, 4) is 0 Å². The predicted octanol–water partition coefficient (Wildman–Crippen LogP) is 3.47. The summed E-state index contributed by atoms with van der Waals surface area (Å²) in [7, 11) is 0. The molecule has 3 rings (SSSR count). The highest BCUT2D eigenvalue weighted by Crippen LogP contribution is 2.32. The molecule has 0 spiro atoms. The molecule has 3 N–H and O–H groups in total. The summed E-state index contributed by atoms with van der Waals surface area (Å²) in [6.45, 7) is 7.68. The van der Waals surface area contributed by atoms with Crippen LogP contribution >= 0.6 is 0 Å². The second kappa shape index (κ2) is 10.7. The number of carbonyl (C=O) groups is 4. The molecule has 0 bridgehead atoms. The van der Waals surface area contributed by atoms with Crippen molar-refractivity contribution in [2.45, 2.75) is 38.9 Å². The number of amides is 1. The predicted molar refractivity (Wildman–Crippen MR) is 131 cm³/mol. The summed E-state index contributed by atoms with van der Waals surface area (Å²) in [5, 5.41) is 22.4. The Balaban J connectivity index is 1.90. The van der Waals surface area contributed by atoms with E-state index in [1.54, 1.807) is 19.9 Å². The van der Waals surface area contributed by atoms with Crippen LogP contribution in [-0.4, -0.2) is 57.8 Å². The molecule has 1 aliphatic heterocycles. The van der Waals surface area contributed by atoms with Crippen molar-refractivity contribution in [1.82, 2.24) is 4.98 Å². The third kappa shape index (κ3) is 5.56. The number of pyridine rings is 1. The third-order valence-electron chi connectivity index (χ3n) is 5.97. The number of carboxylic acids is 1. The van der Waals surface area contributed by atoms with Crippen molar-refractivity contribution in [3.63, 3.8) is 0 Å². The topological polar surface area (TPSA) is 152 Å². The Morgan fingerprint density at radius 2 is 2.05 bits per heavy atom. The summed E-state index contributed by atoms with van der Waals surface area (Å²) in [4.78, 5) is 51.1. The van der Waals surface area contributed by atoms with Crippen LogP contribution in [0.5, 0.6) is 0 Å². The molecular weight excluding hydrogens is 487 g/mol. The number of anilines is 1. The number of rotatable bonds is 8. The van der Waals surface area contributed by atoms with Gasteiger partial charge < -0.3 is 19.7 Å². The zero-order valence-electron chi connectivity index (χ0n) is 20.3. The molecule has 2 heterocycles. The van der Waals surface area contributed by atoms with Crippen LogP contribution in [0.4, 0.5) is 14.9 Å². The normalized spacial score (nSPS) is 18.5. The van der Waals surface area contributed by atoms with E-state index in [0.717, 1.165) is 6.07 Å². The minimum absolute atomic E-state index is 0.0143. The molecule has 2 atom stereocenters. The van der Waals surface area contributed by atoms with Crippen molar-refractivity contribution < 1.29 is 43.3 Å². The fourth-order valence-electron chi connectivity index (χ4n) is 3.68. The van der Waals surface area contributed by atoms with Gasteiger partial charge in [0.15, 0.2) is 5.60 Å². The Labute approximate surface area is 211 Å². The first-order valence-corrected chi connectivity index (χ1v) is 11.2. The van der Waals surface area contributed by atoms with Crippen molar-refractivity contribution in [1.29, 1.82) is 0 Å². The summed E-state index contributed by atoms with van der Waals surface area (Å²) >= 11 is 0. The van der Waals surface area contributed by atoms with Crippen molar-refractivity contribution in [3.05, 3.63) is 64.6 Å². The molecule has 2 aromatic rings. The van der Waals surface area contributed by atoms with Crippen LogP contribution in [0.3, 0.4) is 0 Å². The SMILES string of the molecule is C=C(C(=O)O)C(C)OC(=O)Nc1cc2cc(C)c(C=CC3=C(C=O)COC(=O)[C@]3(O)CC)nc2cc1F. The second-order valence-corrected chi connectivity index (χ2v) is 8.40. The molecule has 11 heteroatoms.